The zero-order chi connectivity index (χ0) is 7.82. The summed E-state index contributed by atoms with van der Waals surface area (Å²) >= 11 is 0. The predicted molar refractivity (Wildman–Crippen MR) is 34.5 cm³/mol. The van der Waals surface area contributed by atoms with Gasteiger partial charge in [0.25, 0.3) is 0 Å². The van der Waals surface area contributed by atoms with Crippen LogP contribution in [-0.4, -0.2) is 19.8 Å². The second-order valence-corrected chi connectivity index (χ2v) is 1.75. The fourth-order valence-corrected chi connectivity index (χ4v) is 0.246. The molecule has 0 aromatic carbocycles. The quantitative estimate of drug-likeness (QED) is 0.286. The Bertz CT molecular complexity index is 107. The van der Waals surface area contributed by atoms with Crippen molar-refractivity contribution in [3.63, 3.8) is 0 Å². The summed E-state index contributed by atoms with van der Waals surface area (Å²) in [4.78, 5) is 0. The molecule has 0 atom stereocenters. The summed E-state index contributed by atoms with van der Waals surface area (Å²) in [5, 5.41) is 0. The summed E-state index contributed by atoms with van der Waals surface area (Å²) in [7, 11) is 0. The van der Waals surface area contributed by atoms with Crippen LogP contribution >= 0.6 is 0 Å². The van der Waals surface area contributed by atoms with Crippen molar-refractivity contribution >= 4 is 0 Å². The standard InChI is InChI=1S/C4H6O.C2H4O.CO/c1-4-2-3-5-4;1-2-3-1;1-2/h1-3H2;1-2H2;. The molecule has 0 saturated carbocycles. The summed E-state index contributed by atoms with van der Waals surface area (Å²) < 4.78 is 16.7. The second-order valence-electron chi connectivity index (χ2n) is 1.75. The van der Waals surface area contributed by atoms with E-state index < -0.39 is 0 Å². The van der Waals surface area contributed by atoms with Crippen LogP contribution in [0.15, 0.2) is 12.3 Å². The Balaban J connectivity index is 0.000000140. The number of rotatable bonds is 0. The van der Waals surface area contributed by atoms with Gasteiger partial charge in [-0.05, 0) is 0 Å². The molecule has 3 heteroatoms. The van der Waals surface area contributed by atoms with E-state index >= 15 is 0 Å². The molecular formula is C7H10O3. The van der Waals surface area contributed by atoms with E-state index in [0.717, 1.165) is 32.0 Å². The fourth-order valence-electron chi connectivity index (χ4n) is 0.246. The maximum atomic E-state index is 7.50. The van der Waals surface area contributed by atoms with Crippen molar-refractivity contribution in [2.75, 3.05) is 19.8 Å². The van der Waals surface area contributed by atoms with Crippen molar-refractivity contribution in [3.8, 4) is 0 Å². The number of epoxide rings is 1. The van der Waals surface area contributed by atoms with E-state index in [1.54, 1.807) is 0 Å². The van der Waals surface area contributed by atoms with Gasteiger partial charge in [-0.25, -0.2) is 0 Å². The van der Waals surface area contributed by atoms with Crippen molar-refractivity contribution in [1.29, 1.82) is 0 Å². The van der Waals surface area contributed by atoms with Crippen LogP contribution in [0.3, 0.4) is 0 Å². The van der Waals surface area contributed by atoms with E-state index in [0.29, 0.717) is 0 Å². The van der Waals surface area contributed by atoms with Gasteiger partial charge in [-0.3, -0.25) is 0 Å². The number of hydrogen-bond donors (Lipinski definition) is 0. The third-order valence-corrected chi connectivity index (χ3v) is 0.891. The van der Waals surface area contributed by atoms with E-state index in [2.05, 4.69) is 18.0 Å². The van der Waals surface area contributed by atoms with Gasteiger partial charge in [0.05, 0.1) is 25.6 Å². The molecule has 10 heavy (non-hydrogen) atoms. The van der Waals surface area contributed by atoms with E-state index in [-0.39, 0.29) is 0 Å². The van der Waals surface area contributed by atoms with Crippen LogP contribution in [0.4, 0.5) is 0 Å². The molecule has 0 aromatic rings. The molecule has 0 spiro atoms. The van der Waals surface area contributed by atoms with E-state index in [9.17, 15) is 0 Å². The topological polar surface area (TPSA) is 41.7 Å². The van der Waals surface area contributed by atoms with Gasteiger partial charge < -0.3 is 9.47 Å². The van der Waals surface area contributed by atoms with Crippen molar-refractivity contribution in [2.24, 2.45) is 0 Å². The molecular weight excluding hydrogens is 132 g/mol. The van der Waals surface area contributed by atoms with E-state index in [4.69, 9.17) is 9.39 Å². The molecule has 0 amide bonds. The zero-order valence-electron chi connectivity index (χ0n) is 5.76. The van der Waals surface area contributed by atoms with E-state index in [1.807, 2.05) is 0 Å². The molecule has 2 saturated heterocycles. The summed E-state index contributed by atoms with van der Waals surface area (Å²) in [6, 6.07) is 0. The number of hydrogen-bond acceptors (Lipinski definition) is 2. The zero-order valence-corrected chi connectivity index (χ0v) is 5.76. The van der Waals surface area contributed by atoms with Crippen LogP contribution < -0.4 is 0 Å². The minimum atomic E-state index is 0.888. The fraction of sp³-hybridized carbons (Fsp3) is 0.571. The van der Waals surface area contributed by atoms with Gasteiger partial charge in [-0.15, -0.1) is 0 Å². The molecule has 0 bridgehead atoms. The second kappa shape index (κ2) is 6.36. The van der Waals surface area contributed by atoms with Gasteiger partial charge >= 0.3 is 11.3 Å². The van der Waals surface area contributed by atoms with Crippen molar-refractivity contribution < 1.29 is 14.1 Å². The van der Waals surface area contributed by atoms with Gasteiger partial charge in [-0.2, -0.15) is 0 Å². The van der Waals surface area contributed by atoms with Gasteiger partial charge in [0.1, 0.15) is 0 Å². The Morgan fingerprint density at radius 2 is 1.60 bits per heavy atom. The Kier molecular flexibility index (Phi) is 5.88. The third kappa shape index (κ3) is 7.24. The minimum absolute atomic E-state index is 0.888. The first-order chi connectivity index (χ1) is 4.89. The van der Waals surface area contributed by atoms with Crippen LogP contribution in [0.25, 0.3) is 0 Å². The van der Waals surface area contributed by atoms with Crippen molar-refractivity contribution in [3.05, 3.63) is 19.0 Å². The SMILES string of the molecule is C1CO1.C=C1CCO1.[C-]#[O+]. The Labute approximate surface area is 60.3 Å². The van der Waals surface area contributed by atoms with Gasteiger partial charge in [0.2, 0.25) is 0 Å². The first kappa shape index (κ1) is 9.24. The predicted octanol–water partition coefficient (Wildman–Crippen LogP) is 0.899. The molecule has 2 heterocycles. The molecule has 2 aliphatic heterocycles. The first-order valence-corrected chi connectivity index (χ1v) is 2.98. The number of ether oxygens (including phenoxy) is 2. The molecule has 0 N–H and O–H groups in total. The van der Waals surface area contributed by atoms with Crippen molar-refractivity contribution in [1.82, 2.24) is 0 Å². The molecule has 56 valence electrons. The Hall–Kier alpha value is -0.760. The maximum absolute atomic E-state index is 7.50. The van der Waals surface area contributed by atoms with Crippen LogP contribution in [-0.2, 0) is 14.1 Å². The molecule has 2 aliphatic rings. The molecule has 3 nitrogen and oxygen atoms in total. The van der Waals surface area contributed by atoms with Crippen LogP contribution in [0.2, 0.25) is 0 Å². The Morgan fingerprint density at radius 1 is 1.30 bits per heavy atom. The molecule has 2 rings (SSSR count). The van der Waals surface area contributed by atoms with Crippen LogP contribution in [0.1, 0.15) is 6.42 Å². The summed E-state index contributed by atoms with van der Waals surface area (Å²) in [5.41, 5.74) is 0. The van der Waals surface area contributed by atoms with Crippen molar-refractivity contribution in [2.45, 2.75) is 6.42 Å². The third-order valence-electron chi connectivity index (χ3n) is 0.891. The molecule has 0 radical (unpaired) electrons. The van der Waals surface area contributed by atoms with Crippen LogP contribution in [0, 0.1) is 6.65 Å². The summed E-state index contributed by atoms with van der Waals surface area (Å²) in [6.07, 6.45) is 1.07. The molecule has 0 unspecified atom stereocenters. The normalized spacial score (nSPS) is 17.6. The van der Waals surface area contributed by atoms with E-state index in [1.165, 1.54) is 0 Å². The average Bonchev–Trinajstić information content (AvgIpc) is 2.73. The summed E-state index contributed by atoms with van der Waals surface area (Å²) in [5.74, 6) is 0.935. The monoisotopic (exact) mass is 142 g/mol. The van der Waals surface area contributed by atoms with Gasteiger partial charge in [0, 0.05) is 6.42 Å². The molecule has 0 aromatic heterocycles. The van der Waals surface area contributed by atoms with Crippen LogP contribution in [0.5, 0.6) is 0 Å². The molecule has 0 aliphatic carbocycles. The molecule has 2 fully saturated rings. The van der Waals surface area contributed by atoms with Gasteiger partial charge in [0.15, 0.2) is 0 Å². The average molecular weight is 142 g/mol. The Morgan fingerprint density at radius 3 is 1.60 bits per heavy atom. The van der Waals surface area contributed by atoms with Gasteiger partial charge in [-0.1, -0.05) is 6.58 Å². The first-order valence-electron chi connectivity index (χ1n) is 2.98. The summed E-state index contributed by atoms with van der Waals surface area (Å²) in [6.45, 7) is 10.9.